The Hall–Kier alpha value is -6.33. The molecule has 53 heavy (non-hydrogen) atoms. The first-order valence-corrected chi connectivity index (χ1v) is 18.3. The fourth-order valence-corrected chi connectivity index (χ4v) is 6.75. The third-order valence-electron chi connectivity index (χ3n) is 9.50. The lowest BCUT2D eigenvalue weighted by Gasteiger charge is -2.15. The SMILES string of the molecule is C=C1/C=C\C=N/Oc2ccc(-c3cccc(-c4nc(-c5cccc(-c6cccc(-c7ccc(CCC)c(C(/C=C\CC)=C(C)C)c7)c6)c5)n[nH]4)c3)cc21. The molecule has 5 heteroatoms. The van der Waals surface area contributed by atoms with Crippen LogP contribution in [0.25, 0.3) is 67.3 Å². The average molecular weight is 693 g/mol. The molecule has 0 radical (unpaired) electrons. The van der Waals surface area contributed by atoms with Gasteiger partial charge in [0.15, 0.2) is 17.4 Å². The molecule has 0 saturated heterocycles. The van der Waals surface area contributed by atoms with Gasteiger partial charge in [-0.25, -0.2) is 4.98 Å². The number of nitrogens with zero attached hydrogens (tertiary/aromatic N) is 3. The normalized spacial score (nSPS) is 13.5. The summed E-state index contributed by atoms with van der Waals surface area (Å²) >= 11 is 0. The molecule has 7 rings (SSSR count). The number of oxime groups is 1. The lowest BCUT2D eigenvalue weighted by Crippen LogP contribution is -1.95. The van der Waals surface area contributed by atoms with Crippen molar-refractivity contribution in [3.8, 4) is 61.9 Å². The highest BCUT2D eigenvalue weighted by Gasteiger charge is 2.14. The van der Waals surface area contributed by atoms with E-state index in [0.29, 0.717) is 17.4 Å². The second-order valence-electron chi connectivity index (χ2n) is 13.5. The Morgan fingerprint density at radius 1 is 0.736 bits per heavy atom. The number of nitrogens with one attached hydrogen (secondary N) is 1. The largest absolute Gasteiger partial charge is 0.356 e. The number of aryl methyl sites for hydroxylation is 1. The summed E-state index contributed by atoms with van der Waals surface area (Å²) in [6.07, 6.45) is 13.1. The van der Waals surface area contributed by atoms with E-state index in [1.807, 2.05) is 36.4 Å². The molecule has 0 bridgehead atoms. The maximum Gasteiger partial charge on any atom is 0.181 e. The van der Waals surface area contributed by atoms with Crippen molar-refractivity contribution in [2.24, 2.45) is 5.16 Å². The van der Waals surface area contributed by atoms with Crippen molar-refractivity contribution in [2.45, 2.75) is 47.0 Å². The summed E-state index contributed by atoms with van der Waals surface area (Å²) in [5, 5.41) is 11.8. The van der Waals surface area contributed by atoms with Crippen LogP contribution in [-0.4, -0.2) is 21.4 Å². The Balaban J connectivity index is 1.16. The molecule has 5 nitrogen and oxygen atoms in total. The van der Waals surface area contributed by atoms with Crippen molar-refractivity contribution >= 4 is 17.4 Å². The Morgan fingerprint density at radius 2 is 1.36 bits per heavy atom. The van der Waals surface area contributed by atoms with Crippen LogP contribution in [-0.2, 0) is 6.42 Å². The number of allylic oxidation sites excluding steroid dienone is 7. The van der Waals surface area contributed by atoms with E-state index in [1.165, 1.54) is 33.4 Å². The van der Waals surface area contributed by atoms with Crippen LogP contribution < -0.4 is 4.84 Å². The van der Waals surface area contributed by atoms with E-state index in [0.717, 1.165) is 63.8 Å². The highest BCUT2D eigenvalue weighted by Crippen LogP contribution is 2.35. The summed E-state index contributed by atoms with van der Waals surface area (Å²) in [7, 11) is 0. The topological polar surface area (TPSA) is 63.2 Å². The van der Waals surface area contributed by atoms with Gasteiger partial charge < -0.3 is 4.84 Å². The van der Waals surface area contributed by atoms with Crippen molar-refractivity contribution < 1.29 is 4.84 Å². The molecule has 0 saturated carbocycles. The highest BCUT2D eigenvalue weighted by molar-refractivity contribution is 5.86. The van der Waals surface area contributed by atoms with Crippen LogP contribution in [0.15, 0.2) is 151 Å². The molecule has 0 amide bonds. The van der Waals surface area contributed by atoms with Gasteiger partial charge in [0.1, 0.15) is 0 Å². The molecular weight excluding hydrogens is 649 g/mol. The lowest BCUT2D eigenvalue weighted by molar-refractivity contribution is 0.343. The van der Waals surface area contributed by atoms with Crippen molar-refractivity contribution in [2.75, 3.05) is 0 Å². The van der Waals surface area contributed by atoms with Gasteiger partial charge in [0, 0.05) is 16.7 Å². The van der Waals surface area contributed by atoms with Gasteiger partial charge in [0.2, 0.25) is 0 Å². The summed E-state index contributed by atoms with van der Waals surface area (Å²) in [6, 6.07) is 38.6. The van der Waals surface area contributed by atoms with Gasteiger partial charge >= 0.3 is 0 Å². The van der Waals surface area contributed by atoms with Gasteiger partial charge in [0.25, 0.3) is 0 Å². The minimum absolute atomic E-state index is 0.649. The van der Waals surface area contributed by atoms with Gasteiger partial charge in [-0.3, -0.25) is 5.10 Å². The van der Waals surface area contributed by atoms with Crippen LogP contribution in [0.5, 0.6) is 5.75 Å². The van der Waals surface area contributed by atoms with Crippen molar-refractivity contribution in [1.29, 1.82) is 0 Å². The predicted octanol–water partition coefficient (Wildman–Crippen LogP) is 12.8. The van der Waals surface area contributed by atoms with Crippen molar-refractivity contribution in [3.05, 3.63) is 162 Å². The molecule has 262 valence electrons. The molecule has 1 aliphatic heterocycles. The zero-order valence-corrected chi connectivity index (χ0v) is 30.9. The molecule has 6 aromatic rings. The molecule has 0 unspecified atom stereocenters. The first kappa shape index (κ1) is 35.1. The number of hydrogen-bond acceptors (Lipinski definition) is 4. The van der Waals surface area contributed by atoms with Gasteiger partial charge in [0.05, 0.1) is 6.21 Å². The number of benzene rings is 5. The molecule has 0 aliphatic carbocycles. The fraction of sp³-hybridized carbons (Fsp3) is 0.146. The van der Waals surface area contributed by atoms with E-state index >= 15 is 0 Å². The molecule has 5 aromatic carbocycles. The molecule has 1 aromatic heterocycles. The van der Waals surface area contributed by atoms with E-state index in [1.54, 1.807) is 6.21 Å². The van der Waals surface area contributed by atoms with Crippen LogP contribution in [0, 0.1) is 0 Å². The number of aromatic amines is 1. The molecule has 1 N–H and O–H groups in total. The third kappa shape index (κ3) is 7.80. The van der Waals surface area contributed by atoms with E-state index in [-0.39, 0.29) is 0 Å². The highest BCUT2D eigenvalue weighted by atomic mass is 16.6. The van der Waals surface area contributed by atoms with Gasteiger partial charge in [-0.05, 0) is 125 Å². The third-order valence-corrected chi connectivity index (χ3v) is 9.50. The van der Waals surface area contributed by atoms with E-state index in [2.05, 4.69) is 147 Å². The van der Waals surface area contributed by atoms with Crippen LogP contribution in [0.4, 0.5) is 0 Å². The molecular formula is C48H44N4O. The van der Waals surface area contributed by atoms with E-state index in [4.69, 9.17) is 9.82 Å². The summed E-state index contributed by atoms with van der Waals surface area (Å²) < 4.78 is 0. The summed E-state index contributed by atoms with van der Waals surface area (Å²) in [5.74, 6) is 2.03. The number of hydrogen-bond donors (Lipinski definition) is 1. The van der Waals surface area contributed by atoms with Gasteiger partial charge in [-0.15, -0.1) is 0 Å². The molecule has 0 atom stereocenters. The predicted molar refractivity (Wildman–Crippen MR) is 223 cm³/mol. The standard InChI is InChI=1S/C48H44N4O/c1-6-8-21-43(32(3)4)45-31-39(23-22-34(45)13-7-2)36-16-9-15-35(27-36)37-17-10-19-41(28-37)47-50-48(52-51-47)42-20-11-18-38(29-42)40-24-25-46-44(30-40)33(5)14-12-26-49-53-46/h8-12,14-31H,5-7,13H2,1-4H3,(H,50,51,52)/b14-12-,21-8-,49-26-. The number of aromatic nitrogens is 3. The van der Waals surface area contributed by atoms with Crippen LogP contribution in [0.1, 0.15) is 57.2 Å². The molecule has 0 spiro atoms. The van der Waals surface area contributed by atoms with Crippen LogP contribution >= 0.6 is 0 Å². The van der Waals surface area contributed by atoms with Crippen molar-refractivity contribution in [3.63, 3.8) is 0 Å². The molecule has 2 heterocycles. The zero-order valence-electron chi connectivity index (χ0n) is 30.9. The minimum atomic E-state index is 0.649. The Bertz CT molecular complexity index is 2420. The maximum atomic E-state index is 5.56. The summed E-state index contributed by atoms with van der Waals surface area (Å²) in [4.78, 5) is 10.5. The second-order valence-corrected chi connectivity index (χ2v) is 13.5. The zero-order chi connectivity index (χ0) is 36.7. The quantitative estimate of drug-likeness (QED) is 0.145. The second kappa shape index (κ2) is 15.9. The van der Waals surface area contributed by atoms with Gasteiger partial charge in [-0.1, -0.05) is 129 Å². The van der Waals surface area contributed by atoms with E-state index in [9.17, 15) is 0 Å². The maximum absolute atomic E-state index is 5.56. The van der Waals surface area contributed by atoms with Crippen LogP contribution in [0.3, 0.4) is 0 Å². The van der Waals surface area contributed by atoms with Crippen LogP contribution in [0.2, 0.25) is 0 Å². The molecule has 1 aliphatic rings. The Morgan fingerprint density at radius 3 is 2.06 bits per heavy atom. The smallest absolute Gasteiger partial charge is 0.181 e. The Labute approximate surface area is 312 Å². The summed E-state index contributed by atoms with van der Waals surface area (Å²) in [5.41, 5.74) is 15.8. The first-order chi connectivity index (χ1) is 25.9. The molecule has 0 fully saturated rings. The van der Waals surface area contributed by atoms with Crippen molar-refractivity contribution in [1.82, 2.24) is 15.2 Å². The fourth-order valence-electron chi connectivity index (χ4n) is 6.75. The average Bonchev–Trinajstić information content (AvgIpc) is 3.69. The lowest BCUT2D eigenvalue weighted by atomic mass is 9.89. The summed E-state index contributed by atoms with van der Waals surface area (Å²) in [6.45, 7) is 13.1. The number of fused-ring (bicyclic) bond motifs is 1. The van der Waals surface area contributed by atoms with Gasteiger partial charge in [-0.2, -0.15) is 5.10 Å². The Kier molecular flexibility index (Phi) is 10.5. The number of H-pyrrole nitrogens is 1. The minimum Gasteiger partial charge on any atom is -0.356 e. The monoisotopic (exact) mass is 692 g/mol. The van der Waals surface area contributed by atoms with E-state index < -0.39 is 0 Å². The first-order valence-electron chi connectivity index (χ1n) is 18.3. The number of rotatable bonds is 10.